The van der Waals surface area contributed by atoms with Crippen molar-refractivity contribution in [1.82, 2.24) is 19.8 Å². The lowest BCUT2D eigenvalue weighted by molar-refractivity contribution is 0.0549. The van der Waals surface area contributed by atoms with Crippen LogP contribution in [0.5, 0.6) is 0 Å². The Morgan fingerprint density at radius 3 is 2.50 bits per heavy atom. The molecule has 7 heteroatoms. The lowest BCUT2D eigenvalue weighted by Crippen LogP contribution is -2.50. The van der Waals surface area contributed by atoms with Gasteiger partial charge in [0.05, 0.1) is 17.3 Å². The van der Waals surface area contributed by atoms with Crippen LogP contribution in [0, 0.1) is 0 Å². The second-order valence-corrected chi connectivity index (χ2v) is 6.43. The molecule has 1 N–H and O–H groups in total. The molecular weight excluding hydrogens is 304 g/mol. The first-order valence-electron chi connectivity index (χ1n) is 7.60. The molecular formula is C15H23ClN4O2. The Hall–Kier alpha value is -1.24. The number of aromatic nitrogens is 2. The average Bonchev–Trinajstić information content (AvgIpc) is 2.47. The molecule has 22 heavy (non-hydrogen) atoms. The number of β-amino-alcohol motifs (C(OH)–C–C–N with tert-alkyl or cyclic N) is 1. The number of carbonyl (C=O) groups is 1. The molecule has 1 aliphatic rings. The van der Waals surface area contributed by atoms with E-state index in [0.717, 1.165) is 13.1 Å². The molecule has 0 radical (unpaired) electrons. The van der Waals surface area contributed by atoms with E-state index >= 15 is 0 Å². The summed E-state index contributed by atoms with van der Waals surface area (Å²) in [4.78, 5) is 25.0. The predicted octanol–water partition coefficient (Wildman–Crippen LogP) is 1.39. The molecule has 122 valence electrons. The highest BCUT2D eigenvalue weighted by Gasteiger charge is 2.25. The standard InChI is InChI=1S/C15H23ClN4O2/c1-10(2)14-17-8-12(16)13(18-14)15(22)20-6-4-19(5-7-20)9-11(3)21/h8,10-11,21H,4-7,9H2,1-3H3/t11-/m0/s1. The number of piperazine rings is 1. The highest BCUT2D eigenvalue weighted by atomic mass is 35.5. The van der Waals surface area contributed by atoms with E-state index in [1.54, 1.807) is 11.8 Å². The van der Waals surface area contributed by atoms with Gasteiger partial charge in [-0.2, -0.15) is 0 Å². The van der Waals surface area contributed by atoms with Gasteiger partial charge >= 0.3 is 0 Å². The van der Waals surface area contributed by atoms with Crippen molar-refractivity contribution in [3.8, 4) is 0 Å². The van der Waals surface area contributed by atoms with Gasteiger partial charge in [0.25, 0.3) is 5.91 Å². The van der Waals surface area contributed by atoms with Crippen molar-refractivity contribution in [2.45, 2.75) is 32.8 Å². The van der Waals surface area contributed by atoms with Crippen LogP contribution in [0.1, 0.15) is 43.0 Å². The topological polar surface area (TPSA) is 69.6 Å². The summed E-state index contributed by atoms with van der Waals surface area (Å²) in [5, 5.41) is 9.71. The molecule has 0 unspecified atom stereocenters. The number of rotatable bonds is 4. The zero-order valence-corrected chi connectivity index (χ0v) is 14.0. The fourth-order valence-electron chi connectivity index (χ4n) is 2.47. The molecule has 0 aliphatic carbocycles. The van der Waals surface area contributed by atoms with Gasteiger partial charge in [-0.15, -0.1) is 0 Å². The van der Waals surface area contributed by atoms with Crippen LogP contribution in [0.25, 0.3) is 0 Å². The van der Waals surface area contributed by atoms with Gasteiger partial charge in [0, 0.05) is 38.6 Å². The second-order valence-electron chi connectivity index (χ2n) is 6.02. The third-order valence-corrected chi connectivity index (χ3v) is 3.94. The summed E-state index contributed by atoms with van der Waals surface area (Å²) in [6, 6.07) is 0. The van der Waals surface area contributed by atoms with Gasteiger partial charge in [-0.05, 0) is 6.92 Å². The van der Waals surface area contributed by atoms with Crippen molar-refractivity contribution in [2.24, 2.45) is 0 Å². The minimum absolute atomic E-state index is 0.145. The van der Waals surface area contributed by atoms with Crippen molar-refractivity contribution in [1.29, 1.82) is 0 Å². The molecule has 1 amide bonds. The molecule has 1 fully saturated rings. The van der Waals surface area contributed by atoms with E-state index in [4.69, 9.17) is 11.6 Å². The zero-order valence-electron chi connectivity index (χ0n) is 13.3. The molecule has 2 rings (SSSR count). The lowest BCUT2D eigenvalue weighted by atomic mass is 10.2. The first kappa shape index (κ1) is 17.1. The van der Waals surface area contributed by atoms with Gasteiger partial charge < -0.3 is 10.0 Å². The highest BCUT2D eigenvalue weighted by molar-refractivity contribution is 6.33. The molecule has 0 aromatic carbocycles. The number of carbonyl (C=O) groups excluding carboxylic acids is 1. The zero-order chi connectivity index (χ0) is 16.3. The van der Waals surface area contributed by atoms with E-state index in [-0.39, 0.29) is 23.6 Å². The van der Waals surface area contributed by atoms with Crippen LogP contribution in [0.4, 0.5) is 0 Å². The van der Waals surface area contributed by atoms with Crippen molar-refractivity contribution in [3.05, 3.63) is 22.7 Å². The van der Waals surface area contributed by atoms with Crippen molar-refractivity contribution in [2.75, 3.05) is 32.7 Å². The van der Waals surface area contributed by atoms with E-state index in [0.29, 0.717) is 30.5 Å². The van der Waals surface area contributed by atoms with Crippen LogP contribution in [0.3, 0.4) is 0 Å². The Morgan fingerprint density at radius 1 is 1.32 bits per heavy atom. The van der Waals surface area contributed by atoms with E-state index in [2.05, 4.69) is 14.9 Å². The summed E-state index contributed by atoms with van der Waals surface area (Å²) >= 11 is 6.10. The quantitative estimate of drug-likeness (QED) is 0.905. The largest absolute Gasteiger partial charge is 0.392 e. The van der Waals surface area contributed by atoms with Crippen LogP contribution < -0.4 is 0 Å². The van der Waals surface area contributed by atoms with Gasteiger partial charge in [0.1, 0.15) is 5.82 Å². The molecule has 0 spiro atoms. The Balaban J connectivity index is 2.05. The minimum atomic E-state index is -0.354. The summed E-state index contributed by atoms with van der Waals surface area (Å²) in [5.74, 6) is 0.623. The number of nitrogens with zero attached hydrogens (tertiary/aromatic N) is 4. The van der Waals surface area contributed by atoms with Gasteiger partial charge in [-0.3, -0.25) is 9.69 Å². The van der Waals surface area contributed by atoms with Gasteiger partial charge in [0.2, 0.25) is 0 Å². The molecule has 0 bridgehead atoms. The maximum Gasteiger partial charge on any atom is 0.274 e. The molecule has 1 saturated heterocycles. The SMILES string of the molecule is CC(C)c1ncc(Cl)c(C(=O)N2CCN(C[C@H](C)O)CC2)n1. The summed E-state index contributed by atoms with van der Waals surface area (Å²) in [7, 11) is 0. The Morgan fingerprint density at radius 2 is 1.95 bits per heavy atom. The maximum atomic E-state index is 12.6. The Labute approximate surface area is 136 Å². The van der Waals surface area contributed by atoms with E-state index in [1.165, 1.54) is 6.20 Å². The van der Waals surface area contributed by atoms with Crippen LogP contribution in [0.2, 0.25) is 5.02 Å². The Kier molecular flexibility index (Phi) is 5.72. The average molecular weight is 327 g/mol. The number of hydrogen-bond donors (Lipinski definition) is 1. The molecule has 1 aromatic rings. The predicted molar refractivity (Wildman–Crippen MR) is 85.2 cm³/mol. The van der Waals surface area contributed by atoms with E-state index < -0.39 is 0 Å². The van der Waals surface area contributed by atoms with Crippen LogP contribution in [-0.2, 0) is 0 Å². The van der Waals surface area contributed by atoms with Crippen LogP contribution >= 0.6 is 11.6 Å². The number of hydrogen-bond acceptors (Lipinski definition) is 5. The number of halogens is 1. The first-order valence-corrected chi connectivity index (χ1v) is 7.98. The maximum absolute atomic E-state index is 12.6. The summed E-state index contributed by atoms with van der Waals surface area (Å²) in [6.45, 7) is 9.08. The fourth-order valence-corrected chi connectivity index (χ4v) is 2.64. The molecule has 2 heterocycles. The summed E-state index contributed by atoms with van der Waals surface area (Å²) in [6.07, 6.45) is 1.15. The monoisotopic (exact) mass is 326 g/mol. The van der Waals surface area contributed by atoms with Crippen LogP contribution in [0.15, 0.2) is 6.20 Å². The summed E-state index contributed by atoms with van der Waals surface area (Å²) < 4.78 is 0. The molecule has 1 atom stereocenters. The third kappa shape index (κ3) is 4.15. The van der Waals surface area contributed by atoms with E-state index in [1.807, 2.05) is 13.8 Å². The van der Waals surface area contributed by atoms with Gasteiger partial charge in [-0.25, -0.2) is 9.97 Å². The number of amides is 1. The lowest BCUT2D eigenvalue weighted by Gasteiger charge is -2.35. The van der Waals surface area contributed by atoms with Crippen molar-refractivity contribution in [3.63, 3.8) is 0 Å². The highest BCUT2D eigenvalue weighted by Crippen LogP contribution is 2.18. The number of aliphatic hydroxyl groups is 1. The minimum Gasteiger partial charge on any atom is -0.392 e. The molecule has 6 nitrogen and oxygen atoms in total. The smallest absolute Gasteiger partial charge is 0.274 e. The Bertz CT molecular complexity index is 528. The van der Waals surface area contributed by atoms with Gasteiger partial charge in [0.15, 0.2) is 5.69 Å². The summed E-state index contributed by atoms with van der Waals surface area (Å²) in [5.41, 5.74) is 0.282. The van der Waals surface area contributed by atoms with E-state index in [9.17, 15) is 9.90 Å². The second kappa shape index (κ2) is 7.35. The first-order chi connectivity index (χ1) is 10.4. The number of aliphatic hydroxyl groups excluding tert-OH is 1. The molecule has 1 aromatic heterocycles. The normalized spacial score (nSPS) is 17.8. The third-order valence-electron chi connectivity index (χ3n) is 3.66. The fraction of sp³-hybridized carbons (Fsp3) is 0.667. The molecule has 1 aliphatic heterocycles. The van der Waals surface area contributed by atoms with Gasteiger partial charge in [-0.1, -0.05) is 25.4 Å². The van der Waals surface area contributed by atoms with Crippen LogP contribution in [-0.4, -0.2) is 69.6 Å². The molecule has 0 saturated carbocycles. The van der Waals surface area contributed by atoms with Crippen molar-refractivity contribution < 1.29 is 9.90 Å². The van der Waals surface area contributed by atoms with Crippen molar-refractivity contribution >= 4 is 17.5 Å².